The third kappa shape index (κ3) is 15.6. The molecule has 684 valence electrons. The van der Waals surface area contributed by atoms with Crippen LogP contribution in [0.25, 0.3) is 299 Å². The van der Waals surface area contributed by atoms with Crippen LogP contribution >= 0.6 is 0 Å². The van der Waals surface area contributed by atoms with Crippen molar-refractivity contribution in [2.24, 2.45) is 0 Å². The third-order valence-corrected chi connectivity index (χ3v) is 27.9. The average Bonchev–Trinajstić information content (AvgIpc) is 1.61. The van der Waals surface area contributed by atoms with Crippen molar-refractivity contribution in [2.75, 3.05) is 0 Å². The van der Waals surface area contributed by atoms with E-state index in [9.17, 15) is 0 Å². The van der Waals surface area contributed by atoms with Crippen LogP contribution in [0, 0.1) is 0 Å². The topological polar surface area (TPSA) is 194 Å². The highest BCUT2D eigenvalue weighted by Crippen LogP contribution is 2.47. The first-order chi connectivity index (χ1) is 72.7. The first-order valence-electron chi connectivity index (χ1n) is 48.9. The Morgan fingerprint density at radius 2 is 0.456 bits per heavy atom. The van der Waals surface area contributed by atoms with E-state index in [4.69, 9.17) is 68.1 Å². The minimum Gasteiger partial charge on any atom is -0.456 e. The largest absolute Gasteiger partial charge is 0.456 e. The van der Waals surface area contributed by atoms with Crippen molar-refractivity contribution in [1.29, 1.82) is 0 Å². The van der Waals surface area contributed by atoms with Gasteiger partial charge in [0.1, 0.15) is 33.4 Å². The minimum atomic E-state index is 0.622. The highest BCUT2D eigenvalue weighted by molar-refractivity contribution is 6.20. The van der Waals surface area contributed by atoms with Gasteiger partial charge in [-0.2, -0.15) is 0 Å². The van der Waals surface area contributed by atoms with E-state index in [2.05, 4.69) is 327 Å². The summed E-state index contributed by atoms with van der Waals surface area (Å²) in [5, 5.41) is 23.3. The van der Waals surface area contributed by atoms with E-state index >= 15 is 0 Å². The number of rotatable bonds is 12. The second-order valence-electron chi connectivity index (χ2n) is 36.9. The number of fused-ring (bicyclic) bond motifs is 18. The van der Waals surface area contributed by atoms with E-state index in [0.29, 0.717) is 52.4 Å². The standard InChI is InChI=1S/3C44H26N4O/c1-2-10-28(11-3-1)42-46-43(32-19-18-27-9-4-5-12-29(27)23-32)48-44(47-42)33-20-21-34-30(24-33)13-6-15-35(34)36-16-7-17-39-41(36)37-25-31-14-8-22-45-38(31)26-40(37)49-39;1-2-11-28(12-3-1)42-46-43(32-21-20-27-10-4-5-13-29(27)24-32)48-44(47-42)33-22-23-34-30(25-33)15-8-16-35(34)36-17-9-19-38-40(36)41-39(49-38)26-31-14-6-7-18-37(31)45-41;1-2-10-28(11-3-1)42-46-43(33-18-17-27-9-4-5-12-29(27)23-33)48-44(47-42)34-19-20-35-32(24-34)15-8-16-36(35)41-40-37-25-30-13-6-7-14-31(30)26-39(37)49-38(40)21-22-45-41/h3*1-26H. The number of pyridine rings is 3. The summed E-state index contributed by atoms with van der Waals surface area (Å²) in [6.07, 6.45) is 3.65. The van der Waals surface area contributed by atoms with E-state index < -0.39 is 0 Å². The summed E-state index contributed by atoms with van der Waals surface area (Å²) in [5.41, 5.74) is 22.6. The molecule has 30 rings (SSSR count). The van der Waals surface area contributed by atoms with Gasteiger partial charge >= 0.3 is 0 Å². The summed E-state index contributed by atoms with van der Waals surface area (Å²) >= 11 is 0. The molecule has 0 atom stereocenters. The number of para-hydroxylation sites is 1. The van der Waals surface area contributed by atoms with Gasteiger partial charge in [-0.15, -0.1) is 0 Å². The van der Waals surface area contributed by atoms with Crippen molar-refractivity contribution in [3.63, 3.8) is 0 Å². The first kappa shape index (κ1) is 84.9. The fourth-order valence-corrected chi connectivity index (χ4v) is 20.8. The van der Waals surface area contributed by atoms with Crippen LogP contribution in [-0.2, 0) is 0 Å². The van der Waals surface area contributed by atoms with E-state index in [1.54, 1.807) is 0 Å². The Morgan fingerprint density at radius 3 is 0.932 bits per heavy atom. The summed E-state index contributed by atoms with van der Waals surface area (Å²) in [6.45, 7) is 0. The third-order valence-electron chi connectivity index (χ3n) is 27.9. The molecule has 15 heteroatoms. The summed E-state index contributed by atoms with van der Waals surface area (Å²) in [5.74, 6) is 5.72. The lowest BCUT2D eigenvalue weighted by molar-refractivity contribution is 0.668. The van der Waals surface area contributed by atoms with Crippen LogP contribution in [-0.4, -0.2) is 59.8 Å². The van der Waals surface area contributed by atoms with Crippen LogP contribution in [0.4, 0.5) is 0 Å². The Labute approximate surface area is 839 Å². The van der Waals surface area contributed by atoms with Crippen molar-refractivity contribution in [3.8, 4) is 136 Å². The quantitative estimate of drug-likeness (QED) is 0.112. The minimum absolute atomic E-state index is 0.622. The molecule has 147 heavy (non-hydrogen) atoms. The number of furan rings is 3. The molecule has 9 heterocycles. The molecule has 0 radical (unpaired) electrons. The van der Waals surface area contributed by atoms with Gasteiger partial charge in [0.05, 0.1) is 27.5 Å². The van der Waals surface area contributed by atoms with E-state index in [0.717, 1.165) is 225 Å². The summed E-state index contributed by atoms with van der Waals surface area (Å²) in [4.78, 5) is 59.5. The fourth-order valence-electron chi connectivity index (χ4n) is 20.8. The Hall–Kier alpha value is -20.2. The maximum atomic E-state index is 6.37. The molecule has 9 aromatic heterocycles. The maximum Gasteiger partial charge on any atom is 0.164 e. The molecule has 30 aromatic rings. The Bertz CT molecular complexity index is 9630. The highest BCUT2D eigenvalue weighted by atomic mass is 16.3. The van der Waals surface area contributed by atoms with E-state index in [1.807, 2.05) is 152 Å². The van der Waals surface area contributed by atoms with Gasteiger partial charge in [-0.25, -0.2) is 49.8 Å². The molecule has 21 aromatic carbocycles. The smallest absolute Gasteiger partial charge is 0.164 e. The molecule has 0 fully saturated rings. The van der Waals surface area contributed by atoms with Crippen molar-refractivity contribution in [2.45, 2.75) is 0 Å². The lowest BCUT2D eigenvalue weighted by atomic mass is 9.93. The fraction of sp³-hybridized carbons (Fsp3) is 0. The lowest BCUT2D eigenvalue weighted by Gasteiger charge is -2.12. The van der Waals surface area contributed by atoms with Crippen LogP contribution in [0.2, 0.25) is 0 Å². The molecule has 0 amide bonds. The second-order valence-corrected chi connectivity index (χ2v) is 36.9. The Balaban J connectivity index is 0.000000107. The number of nitrogens with zero attached hydrogens (tertiary/aromatic N) is 12. The summed E-state index contributed by atoms with van der Waals surface area (Å²) in [6, 6.07) is 159. The zero-order valence-corrected chi connectivity index (χ0v) is 78.6. The molecular formula is C132H78N12O3. The number of benzene rings is 21. The molecule has 0 aliphatic carbocycles. The van der Waals surface area contributed by atoms with Crippen LogP contribution in [0.1, 0.15) is 0 Å². The van der Waals surface area contributed by atoms with Gasteiger partial charge in [-0.3, -0.25) is 9.97 Å². The van der Waals surface area contributed by atoms with Crippen molar-refractivity contribution in [3.05, 3.63) is 473 Å². The maximum absolute atomic E-state index is 6.37. The highest BCUT2D eigenvalue weighted by Gasteiger charge is 2.25. The number of aromatic nitrogens is 12. The summed E-state index contributed by atoms with van der Waals surface area (Å²) in [7, 11) is 0. The van der Waals surface area contributed by atoms with Crippen LogP contribution < -0.4 is 0 Å². The molecular weight excluding hydrogens is 1800 g/mol. The van der Waals surface area contributed by atoms with Gasteiger partial charge < -0.3 is 13.3 Å². The van der Waals surface area contributed by atoms with E-state index in [-0.39, 0.29) is 0 Å². The lowest BCUT2D eigenvalue weighted by Crippen LogP contribution is -2.00. The Kier molecular flexibility index (Phi) is 20.5. The molecule has 0 saturated heterocycles. The predicted molar refractivity (Wildman–Crippen MR) is 597 cm³/mol. The normalized spacial score (nSPS) is 11.7. The van der Waals surface area contributed by atoms with Gasteiger partial charge in [-0.05, 0) is 189 Å². The molecule has 0 N–H and O–H groups in total. The monoisotopic (exact) mass is 1880 g/mol. The van der Waals surface area contributed by atoms with Crippen molar-refractivity contribution in [1.82, 2.24) is 59.8 Å². The zero-order valence-electron chi connectivity index (χ0n) is 78.6. The molecule has 0 unspecified atom stereocenters. The van der Waals surface area contributed by atoms with Gasteiger partial charge in [0.25, 0.3) is 0 Å². The van der Waals surface area contributed by atoms with Crippen molar-refractivity contribution >= 4 is 163 Å². The van der Waals surface area contributed by atoms with Crippen molar-refractivity contribution < 1.29 is 13.3 Å². The van der Waals surface area contributed by atoms with Crippen LogP contribution in [0.3, 0.4) is 0 Å². The summed E-state index contributed by atoms with van der Waals surface area (Å²) < 4.78 is 19.1. The first-order valence-corrected chi connectivity index (χ1v) is 48.9. The average molecular weight is 1880 g/mol. The SMILES string of the molecule is c1ccc(-c2nc(-c3ccc4ccccc4c3)nc(-c3ccc4c(-c5cccc6oc7cc8ccccc8nc7c56)cccc4c3)n2)cc1.c1ccc(-c2nc(-c3ccc4ccccc4c3)nc(-c3ccc4c(-c5cccc6oc7cc8ncccc8cc7c56)cccc4c3)n2)cc1.c1ccc(-c2nc(-c3ccc4ccccc4c3)nc(-c3ccc4c(-c5nccc6oc7cc8ccccc8cc7c56)cccc4c3)n2)cc1. The second kappa shape index (κ2) is 35.6. The molecule has 15 nitrogen and oxygen atoms in total. The zero-order chi connectivity index (χ0) is 96.9. The van der Waals surface area contributed by atoms with Crippen LogP contribution in [0.5, 0.6) is 0 Å². The number of hydrogen-bond donors (Lipinski definition) is 0. The molecule has 0 bridgehead atoms. The Morgan fingerprint density at radius 1 is 0.143 bits per heavy atom. The van der Waals surface area contributed by atoms with Gasteiger partial charge in [-0.1, -0.05) is 364 Å². The molecule has 0 saturated carbocycles. The van der Waals surface area contributed by atoms with Crippen LogP contribution in [0.15, 0.2) is 487 Å². The van der Waals surface area contributed by atoms with Gasteiger partial charge in [0.15, 0.2) is 58.0 Å². The predicted octanol–water partition coefficient (Wildman–Crippen LogP) is 33.9. The molecule has 0 aliphatic heterocycles. The van der Waals surface area contributed by atoms with Gasteiger partial charge in [0, 0.05) is 101 Å². The number of hydrogen-bond acceptors (Lipinski definition) is 15. The van der Waals surface area contributed by atoms with Gasteiger partial charge in [0.2, 0.25) is 0 Å². The molecule has 0 aliphatic rings. The molecule has 0 spiro atoms. The van der Waals surface area contributed by atoms with E-state index in [1.165, 1.54) is 21.5 Å².